The van der Waals surface area contributed by atoms with Gasteiger partial charge in [0.25, 0.3) is 0 Å². The fourth-order valence-corrected chi connectivity index (χ4v) is 2.12. The Balaban J connectivity index is 1.84. The minimum atomic E-state index is 0.0762. The van der Waals surface area contributed by atoms with Gasteiger partial charge in [-0.3, -0.25) is 0 Å². The zero-order valence-electron chi connectivity index (χ0n) is 11.2. The monoisotopic (exact) mass is 278 g/mol. The van der Waals surface area contributed by atoms with Crippen molar-refractivity contribution in [1.82, 2.24) is 0 Å². The Bertz CT molecular complexity index is 795. The highest BCUT2D eigenvalue weighted by atomic mass is 16.5. The molecule has 3 aromatic rings. The van der Waals surface area contributed by atoms with Crippen LogP contribution < -0.4 is 10.5 Å². The van der Waals surface area contributed by atoms with Gasteiger partial charge in [-0.25, -0.2) is 0 Å². The number of fused-ring (bicyclic) bond motifs is 1. The molecule has 0 aliphatic rings. The highest BCUT2D eigenvalue weighted by Crippen LogP contribution is 2.25. The van der Waals surface area contributed by atoms with Gasteiger partial charge in [0.2, 0.25) is 0 Å². The van der Waals surface area contributed by atoms with Crippen LogP contribution >= 0.6 is 0 Å². The predicted molar refractivity (Wildman–Crippen MR) is 83.0 cm³/mol. The van der Waals surface area contributed by atoms with Crippen molar-refractivity contribution in [2.45, 2.75) is 0 Å². The minimum absolute atomic E-state index is 0.0762. The highest BCUT2D eigenvalue weighted by Gasteiger charge is 2.02. The molecule has 0 aliphatic heterocycles. The summed E-state index contributed by atoms with van der Waals surface area (Å²) in [6.07, 6.45) is 0. The third-order valence-corrected chi connectivity index (χ3v) is 3.21. The van der Waals surface area contributed by atoms with Gasteiger partial charge >= 0.3 is 0 Å². The number of oxime groups is 1. The van der Waals surface area contributed by atoms with E-state index in [4.69, 9.17) is 15.7 Å². The number of hydrogen-bond donors (Lipinski definition) is 2. The topological polar surface area (TPSA) is 67.8 Å². The van der Waals surface area contributed by atoms with Crippen LogP contribution in [0, 0.1) is 0 Å². The quantitative estimate of drug-likeness (QED) is 0.332. The Morgan fingerprint density at radius 1 is 0.857 bits per heavy atom. The van der Waals surface area contributed by atoms with E-state index >= 15 is 0 Å². The van der Waals surface area contributed by atoms with Gasteiger partial charge in [0.05, 0.1) is 0 Å². The first-order chi connectivity index (χ1) is 10.3. The lowest BCUT2D eigenvalue weighted by atomic mass is 10.1. The van der Waals surface area contributed by atoms with Crippen molar-refractivity contribution in [2.24, 2.45) is 10.9 Å². The number of nitrogens with two attached hydrogens (primary N) is 1. The van der Waals surface area contributed by atoms with Crippen LogP contribution in [-0.4, -0.2) is 11.0 Å². The maximum absolute atomic E-state index is 8.63. The lowest BCUT2D eigenvalue weighted by Gasteiger charge is -2.07. The lowest BCUT2D eigenvalue weighted by Crippen LogP contribution is -2.12. The van der Waals surface area contributed by atoms with Gasteiger partial charge in [0, 0.05) is 5.56 Å². The molecular formula is C17H14N2O2. The van der Waals surface area contributed by atoms with Crippen molar-refractivity contribution in [3.05, 3.63) is 72.3 Å². The fourth-order valence-electron chi connectivity index (χ4n) is 2.12. The molecule has 0 spiro atoms. The molecule has 0 heterocycles. The molecule has 0 saturated carbocycles. The van der Waals surface area contributed by atoms with E-state index in [1.54, 1.807) is 24.3 Å². The molecule has 3 aromatic carbocycles. The molecule has 3 N–H and O–H groups in total. The van der Waals surface area contributed by atoms with Crippen LogP contribution in [0.3, 0.4) is 0 Å². The number of ether oxygens (including phenoxy) is 1. The Kier molecular flexibility index (Phi) is 3.43. The first kappa shape index (κ1) is 13.0. The van der Waals surface area contributed by atoms with E-state index in [1.165, 1.54) is 5.39 Å². The van der Waals surface area contributed by atoms with Gasteiger partial charge in [-0.05, 0) is 47.2 Å². The second-order valence-electron chi connectivity index (χ2n) is 4.62. The van der Waals surface area contributed by atoms with Crippen LogP contribution in [-0.2, 0) is 0 Å². The molecule has 104 valence electrons. The highest BCUT2D eigenvalue weighted by molar-refractivity contribution is 5.97. The second kappa shape index (κ2) is 5.54. The summed E-state index contributed by atoms with van der Waals surface area (Å²) >= 11 is 0. The Morgan fingerprint density at radius 2 is 1.52 bits per heavy atom. The third kappa shape index (κ3) is 2.79. The SMILES string of the molecule is N/C(=N\O)c1ccc(Oc2ccc3ccccc3c2)cc1. The van der Waals surface area contributed by atoms with Gasteiger partial charge in [-0.1, -0.05) is 35.5 Å². The number of amidine groups is 1. The van der Waals surface area contributed by atoms with E-state index in [-0.39, 0.29) is 5.84 Å². The first-order valence-corrected chi connectivity index (χ1v) is 6.51. The summed E-state index contributed by atoms with van der Waals surface area (Å²) in [5.41, 5.74) is 6.16. The smallest absolute Gasteiger partial charge is 0.170 e. The molecule has 0 bridgehead atoms. The summed E-state index contributed by atoms with van der Waals surface area (Å²) in [4.78, 5) is 0. The van der Waals surface area contributed by atoms with Crippen LogP contribution in [0.4, 0.5) is 0 Å². The largest absolute Gasteiger partial charge is 0.457 e. The third-order valence-electron chi connectivity index (χ3n) is 3.21. The molecule has 0 radical (unpaired) electrons. The molecule has 3 rings (SSSR count). The maximum Gasteiger partial charge on any atom is 0.170 e. The van der Waals surface area contributed by atoms with Crippen molar-refractivity contribution in [1.29, 1.82) is 0 Å². The number of nitrogens with zero attached hydrogens (tertiary/aromatic N) is 1. The molecule has 4 heteroatoms. The van der Waals surface area contributed by atoms with Crippen molar-refractivity contribution < 1.29 is 9.94 Å². The summed E-state index contributed by atoms with van der Waals surface area (Å²) in [6.45, 7) is 0. The molecule has 0 amide bonds. The summed E-state index contributed by atoms with van der Waals surface area (Å²) in [7, 11) is 0. The molecular weight excluding hydrogens is 264 g/mol. The minimum Gasteiger partial charge on any atom is -0.457 e. The number of hydrogen-bond acceptors (Lipinski definition) is 3. The lowest BCUT2D eigenvalue weighted by molar-refractivity contribution is 0.318. The van der Waals surface area contributed by atoms with E-state index in [9.17, 15) is 0 Å². The molecule has 21 heavy (non-hydrogen) atoms. The van der Waals surface area contributed by atoms with Gasteiger partial charge in [0.1, 0.15) is 11.5 Å². The number of benzene rings is 3. The zero-order chi connectivity index (χ0) is 14.7. The molecule has 0 fully saturated rings. The Hall–Kier alpha value is -3.01. The average molecular weight is 278 g/mol. The molecule has 4 nitrogen and oxygen atoms in total. The van der Waals surface area contributed by atoms with Crippen LogP contribution in [0.5, 0.6) is 11.5 Å². The molecule has 0 unspecified atom stereocenters. The van der Waals surface area contributed by atoms with E-state index in [1.807, 2.05) is 36.4 Å². The van der Waals surface area contributed by atoms with Gasteiger partial charge in [-0.15, -0.1) is 0 Å². The summed E-state index contributed by atoms with van der Waals surface area (Å²) in [6, 6.07) is 21.1. The first-order valence-electron chi connectivity index (χ1n) is 6.51. The average Bonchev–Trinajstić information content (AvgIpc) is 2.55. The molecule has 0 atom stereocenters. The fraction of sp³-hybridized carbons (Fsp3) is 0. The molecule has 0 aromatic heterocycles. The Labute approximate surface area is 122 Å². The van der Waals surface area contributed by atoms with E-state index in [0.717, 1.165) is 11.1 Å². The van der Waals surface area contributed by atoms with Crippen LogP contribution in [0.15, 0.2) is 71.9 Å². The van der Waals surface area contributed by atoms with E-state index < -0.39 is 0 Å². The zero-order valence-corrected chi connectivity index (χ0v) is 11.2. The predicted octanol–water partition coefficient (Wildman–Crippen LogP) is 3.73. The van der Waals surface area contributed by atoms with Crippen LogP contribution in [0.25, 0.3) is 10.8 Å². The van der Waals surface area contributed by atoms with Crippen molar-refractivity contribution in [3.63, 3.8) is 0 Å². The summed E-state index contributed by atoms with van der Waals surface area (Å²) in [5, 5.41) is 13.9. The Morgan fingerprint density at radius 3 is 2.24 bits per heavy atom. The number of rotatable bonds is 3. The van der Waals surface area contributed by atoms with E-state index in [2.05, 4.69) is 11.2 Å². The molecule has 0 aliphatic carbocycles. The maximum atomic E-state index is 8.63. The van der Waals surface area contributed by atoms with Gasteiger partial charge in [-0.2, -0.15) is 0 Å². The summed E-state index contributed by atoms with van der Waals surface area (Å²) < 4.78 is 5.81. The van der Waals surface area contributed by atoms with Crippen molar-refractivity contribution in [3.8, 4) is 11.5 Å². The van der Waals surface area contributed by atoms with Crippen molar-refractivity contribution in [2.75, 3.05) is 0 Å². The van der Waals surface area contributed by atoms with Crippen LogP contribution in [0.2, 0.25) is 0 Å². The van der Waals surface area contributed by atoms with Crippen LogP contribution in [0.1, 0.15) is 5.56 Å². The second-order valence-corrected chi connectivity index (χ2v) is 4.62. The molecule has 0 saturated heterocycles. The van der Waals surface area contributed by atoms with Gasteiger partial charge < -0.3 is 15.7 Å². The van der Waals surface area contributed by atoms with Crippen molar-refractivity contribution >= 4 is 16.6 Å². The van der Waals surface area contributed by atoms with E-state index in [0.29, 0.717) is 11.3 Å². The summed E-state index contributed by atoms with van der Waals surface area (Å²) in [5.74, 6) is 1.54. The normalized spacial score (nSPS) is 11.5. The standard InChI is InChI=1S/C17H14N2O2/c18-17(19-20)13-6-8-15(9-7-13)21-16-10-5-12-3-1-2-4-14(12)11-16/h1-11,20H,(H2,18,19). The van der Waals surface area contributed by atoms with Gasteiger partial charge in [0.15, 0.2) is 5.84 Å².